The zero-order chi connectivity index (χ0) is 26.0. The maximum atomic E-state index is 14.2. The first kappa shape index (κ1) is 25.7. The van der Waals surface area contributed by atoms with E-state index in [2.05, 4.69) is 27.3 Å². The highest BCUT2D eigenvalue weighted by Crippen LogP contribution is 2.39. The number of carbonyl (C=O) groups is 1. The molecule has 1 spiro atoms. The number of amidine groups is 1. The van der Waals surface area contributed by atoms with Crippen LogP contribution in [-0.4, -0.2) is 58.8 Å². The van der Waals surface area contributed by atoms with E-state index < -0.39 is 5.54 Å². The van der Waals surface area contributed by atoms with Crippen molar-refractivity contribution in [1.29, 1.82) is 0 Å². The van der Waals surface area contributed by atoms with E-state index in [-0.39, 0.29) is 30.1 Å². The van der Waals surface area contributed by atoms with Crippen LogP contribution in [0.3, 0.4) is 0 Å². The number of ether oxygens (including phenoxy) is 1. The highest BCUT2D eigenvalue weighted by atomic mass is 19.1. The van der Waals surface area contributed by atoms with Gasteiger partial charge >= 0.3 is 6.03 Å². The van der Waals surface area contributed by atoms with Gasteiger partial charge in [-0.1, -0.05) is 18.2 Å². The number of nitrogens with zero attached hydrogens (tertiary/aromatic N) is 3. The van der Waals surface area contributed by atoms with E-state index >= 15 is 0 Å². The third kappa shape index (κ3) is 5.65. The maximum absolute atomic E-state index is 14.2. The Morgan fingerprint density at radius 3 is 2.68 bits per heavy atom. The number of likely N-dealkylation sites (tertiary alicyclic amines) is 1. The molecule has 2 heterocycles. The van der Waals surface area contributed by atoms with Gasteiger partial charge in [-0.3, -0.25) is 9.80 Å². The zero-order valence-electron chi connectivity index (χ0n) is 21.7. The number of anilines is 1. The summed E-state index contributed by atoms with van der Waals surface area (Å²) in [5.74, 6) is 1.15. The molecule has 7 nitrogen and oxygen atoms in total. The predicted octanol–water partition coefficient (Wildman–Crippen LogP) is 4.88. The van der Waals surface area contributed by atoms with Crippen molar-refractivity contribution in [2.75, 3.05) is 18.0 Å². The molecule has 37 heavy (non-hydrogen) atoms. The number of rotatable bonds is 6. The first-order valence-corrected chi connectivity index (χ1v) is 13.4. The SMILES string of the molecule is CC(C)Oc1cccc(CN2CCC3(CC2)C(N[C@@H]2CCC[C@H](O)C2)=NC(=O)N3c2cccc(F)c2)c1. The lowest BCUT2D eigenvalue weighted by Gasteiger charge is -2.46. The van der Waals surface area contributed by atoms with Crippen LogP contribution in [0, 0.1) is 5.82 Å². The second kappa shape index (κ2) is 10.8. The molecular formula is C29H37FN4O3. The van der Waals surface area contributed by atoms with Gasteiger partial charge in [0.05, 0.1) is 12.2 Å². The summed E-state index contributed by atoms with van der Waals surface area (Å²) in [4.78, 5) is 21.8. The lowest BCUT2D eigenvalue weighted by atomic mass is 9.83. The second-order valence-electron chi connectivity index (χ2n) is 10.8. The molecule has 2 aliphatic heterocycles. The summed E-state index contributed by atoms with van der Waals surface area (Å²) in [5.41, 5.74) is 1.05. The van der Waals surface area contributed by atoms with Gasteiger partial charge in [0.15, 0.2) is 0 Å². The van der Waals surface area contributed by atoms with Crippen molar-refractivity contribution in [2.24, 2.45) is 4.99 Å². The fourth-order valence-electron chi connectivity index (χ4n) is 5.96. The Bertz CT molecular complexity index is 1150. The number of piperidine rings is 1. The molecule has 5 rings (SSSR count). The van der Waals surface area contributed by atoms with Gasteiger partial charge in [0.2, 0.25) is 0 Å². The number of aliphatic imine (C=N–C) groups is 1. The molecule has 198 valence electrons. The first-order chi connectivity index (χ1) is 17.8. The number of hydrogen-bond donors (Lipinski definition) is 2. The van der Waals surface area contributed by atoms with Gasteiger partial charge in [0, 0.05) is 31.4 Å². The summed E-state index contributed by atoms with van der Waals surface area (Å²) in [7, 11) is 0. The number of halogens is 1. The summed E-state index contributed by atoms with van der Waals surface area (Å²) in [6.07, 6.45) is 4.46. The zero-order valence-corrected chi connectivity index (χ0v) is 21.7. The van der Waals surface area contributed by atoms with Gasteiger partial charge in [-0.25, -0.2) is 9.18 Å². The summed E-state index contributed by atoms with van der Waals surface area (Å²) < 4.78 is 20.1. The minimum absolute atomic E-state index is 0.0707. The Morgan fingerprint density at radius 2 is 1.95 bits per heavy atom. The lowest BCUT2D eigenvalue weighted by molar-refractivity contribution is 0.115. The van der Waals surface area contributed by atoms with E-state index in [1.807, 2.05) is 26.0 Å². The molecule has 2 fully saturated rings. The molecule has 2 aromatic rings. The molecule has 0 bridgehead atoms. The third-order valence-corrected chi connectivity index (χ3v) is 7.68. The van der Waals surface area contributed by atoms with Crippen molar-refractivity contribution in [3.8, 4) is 5.75 Å². The van der Waals surface area contributed by atoms with E-state index in [0.717, 1.165) is 44.6 Å². The van der Waals surface area contributed by atoms with Gasteiger partial charge in [-0.15, -0.1) is 0 Å². The molecule has 2 atom stereocenters. The minimum atomic E-state index is -0.660. The Labute approximate surface area is 218 Å². The second-order valence-corrected chi connectivity index (χ2v) is 10.8. The first-order valence-electron chi connectivity index (χ1n) is 13.4. The average molecular weight is 509 g/mol. The normalized spacial score (nSPS) is 24.0. The van der Waals surface area contributed by atoms with E-state index in [9.17, 15) is 14.3 Å². The number of carbonyl (C=O) groups excluding carboxylic acids is 1. The van der Waals surface area contributed by atoms with E-state index in [1.165, 1.54) is 17.7 Å². The van der Waals surface area contributed by atoms with Crippen LogP contribution >= 0.6 is 0 Å². The summed E-state index contributed by atoms with van der Waals surface area (Å²) in [5, 5.41) is 13.7. The number of amides is 2. The topological polar surface area (TPSA) is 77.4 Å². The van der Waals surface area contributed by atoms with Crippen LogP contribution in [-0.2, 0) is 6.54 Å². The number of aliphatic hydroxyl groups excluding tert-OH is 1. The number of nitrogens with one attached hydrogen (secondary N) is 1. The lowest BCUT2D eigenvalue weighted by Crippen LogP contribution is -2.62. The van der Waals surface area contributed by atoms with Crippen molar-refractivity contribution in [3.63, 3.8) is 0 Å². The summed E-state index contributed by atoms with van der Waals surface area (Å²) >= 11 is 0. The van der Waals surface area contributed by atoms with Gasteiger partial charge in [0.25, 0.3) is 0 Å². The Morgan fingerprint density at radius 1 is 1.16 bits per heavy atom. The van der Waals surface area contributed by atoms with Crippen molar-refractivity contribution in [2.45, 2.75) is 82.7 Å². The van der Waals surface area contributed by atoms with E-state index in [4.69, 9.17) is 4.74 Å². The summed E-state index contributed by atoms with van der Waals surface area (Å²) in [6, 6.07) is 14.1. The Hall–Kier alpha value is -2.97. The molecule has 0 unspecified atom stereocenters. The molecule has 1 saturated heterocycles. The minimum Gasteiger partial charge on any atom is -0.491 e. The third-order valence-electron chi connectivity index (χ3n) is 7.68. The maximum Gasteiger partial charge on any atom is 0.350 e. The van der Waals surface area contributed by atoms with Crippen LogP contribution in [0.4, 0.5) is 14.9 Å². The Balaban J connectivity index is 1.36. The monoisotopic (exact) mass is 508 g/mol. The van der Waals surface area contributed by atoms with E-state index in [0.29, 0.717) is 30.8 Å². The standard InChI is InChI=1S/C29H37FN4O3/c1-20(2)37-26-11-3-6-21(16-26)19-33-14-12-29(13-15-33)27(31-23-8-5-10-25(35)18-23)32-28(36)34(29)24-9-4-7-22(30)17-24/h3-4,6-7,9,11,16-17,20,23,25,35H,5,8,10,12-15,18-19H2,1-2H3,(H,31,32,36)/t23-,25+/m1/s1. The molecule has 2 aromatic carbocycles. The fourth-order valence-corrected chi connectivity index (χ4v) is 5.96. The van der Waals surface area contributed by atoms with Crippen LogP contribution in [0.25, 0.3) is 0 Å². The van der Waals surface area contributed by atoms with Gasteiger partial charge < -0.3 is 15.2 Å². The van der Waals surface area contributed by atoms with Gasteiger partial charge in [-0.05, 0) is 88.3 Å². The van der Waals surface area contributed by atoms with Gasteiger partial charge in [0.1, 0.15) is 22.9 Å². The van der Waals surface area contributed by atoms with Crippen LogP contribution in [0.1, 0.15) is 57.9 Å². The van der Waals surface area contributed by atoms with Crippen LogP contribution in [0.2, 0.25) is 0 Å². The largest absolute Gasteiger partial charge is 0.491 e. The smallest absolute Gasteiger partial charge is 0.350 e. The molecular weight excluding hydrogens is 471 g/mol. The van der Waals surface area contributed by atoms with Crippen LogP contribution in [0.5, 0.6) is 5.75 Å². The highest BCUT2D eigenvalue weighted by molar-refractivity contribution is 6.16. The predicted molar refractivity (Wildman–Crippen MR) is 143 cm³/mol. The van der Waals surface area contributed by atoms with Crippen molar-refractivity contribution >= 4 is 17.6 Å². The number of aliphatic hydroxyl groups is 1. The number of urea groups is 1. The molecule has 0 radical (unpaired) electrons. The molecule has 1 aliphatic carbocycles. The highest BCUT2D eigenvalue weighted by Gasteiger charge is 2.52. The van der Waals surface area contributed by atoms with E-state index in [1.54, 1.807) is 17.0 Å². The summed E-state index contributed by atoms with van der Waals surface area (Å²) in [6.45, 7) is 6.36. The molecule has 3 aliphatic rings. The average Bonchev–Trinajstić information content (AvgIpc) is 3.10. The molecule has 8 heteroatoms. The van der Waals surface area contributed by atoms with Crippen molar-refractivity contribution in [1.82, 2.24) is 10.2 Å². The molecule has 2 N–H and O–H groups in total. The Kier molecular flexibility index (Phi) is 7.49. The van der Waals surface area contributed by atoms with Crippen molar-refractivity contribution < 1.29 is 19.0 Å². The molecule has 2 amide bonds. The van der Waals surface area contributed by atoms with Crippen molar-refractivity contribution in [3.05, 3.63) is 59.9 Å². The molecule has 1 saturated carbocycles. The van der Waals surface area contributed by atoms with Crippen LogP contribution in [0.15, 0.2) is 53.5 Å². The van der Waals surface area contributed by atoms with Gasteiger partial charge in [-0.2, -0.15) is 4.99 Å². The number of benzene rings is 2. The molecule has 0 aromatic heterocycles. The number of hydrogen-bond acceptors (Lipinski definition) is 5. The quantitative estimate of drug-likeness (QED) is 0.582. The fraction of sp³-hybridized carbons (Fsp3) is 0.517. The van der Waals surface area contributed by atoms with Crippen LogP contribution < -0.4 is 15.0 Å².